The maximum atomic E-state index is 12.3. The van der Waals surface area contributed by atoms with E-state index >= 15 is 0 Å². The second-order valence-corrected chi connectivity index (χ2v) is 5.99. The van der Waals surface area contributed by atoms with Crippen molar-refractivity contribution in [3.63, 3.8) is 0 Å². The first kappa shape index (κ1) is 16.8. The van der Waals surface area contributed by atoms with Crippen LogP contribution < -0.4 is 15.4 Å². The lowest BCUT2D eigenvalue weighted by molar-refractivity contribution is -0.147. The largest absolute Gasteiger partial charge is 0.496 e. The van der Waals surface area contributed by atoms with Crippen LogP contribution >= 0.6 is 28.1 Å². The van der Waals surface area contributed by atoms with Gasteiger partial charge in [-0.1, -0.05) is 12.6 Å². The molecule has 0 saturated carbocycles. The van der Waals surface area contributed by atoms with Crippen LogP contribution in [0, 0.1) is 5.92 Å². The molecule has 1 aromatic rings. The number of carbonyl (C=O) groups excluding carboxylic acids is 1. The van der Waals surface area contributed by atoms with Crippen molar-refractivity contribution in [1.82, 2.24) is 10.6 Å². The van der Waals surface area contributed by atoms with Crippen molar-refractivity contribution in [3.8, 4) is 5.75 Å². The predicted octanol–water partition coefficient (Wildman–Crippen LogP) is 2.67. The van der Waals surface area contributed by atoms with E-state index in [9.17, 15) is 4.79 Å². The molecular formula is C15H17BrN2O3S. The van der Waals surface area contributed by atoms with Crippen LogP contribution in [0.4, 0.5) is 0 Å². The van der Waals surface area contributed by atoms with E-state index in [1.165, 1.54) is 0 Å². The lowest BCUT2D eigenvalue weighted by Crippen LogP contribution is -2.51. The van der Waals surface area contributed by atoms with Crippen LogP contribution in [0.15, 0.2) is 34.9 Å². The molecule has 5 nitrogen and oxygen atoms in total. The van der Waals surface area contributed by atoms with Crippen LogP contribution in [0.5, 0.6) is 5.75 Å². The summed E-state index contributed by atoms with van der Waals surface area (Å²) >= 11 is 8.63. The average Bonchev–Trinajstić information content (AvgIpc) is 2.46. The highest BCUT2D eigenvalue weighted by molar-refractivity contribution is 9.10. The summed E-state index contributed by atoms with van der Waals surface area (Å²) in [6.07, 6.45) is 0. The number of benzene rings is 1. The van der Waals surface area contributed by atoms with E-state index in [2.05, 4.69) is 33.1 Å². The molecule has 0 unspecified atom stereocenters. The smallest absolute Gasteiger partial charge is 0.317 e. The van der Waals surface area contributed by atoms with Gasteiger partial charge in [0.05, 0.1) is 24.2 Å². The Morgan fingerprint density at radius 1 is 1.50 bits per heavy atom. The molecule has 7 heteroatoms. The van der Waals surface area contributed by atoms with Gasteiger partial charge in [0.15, 0.2) is 5.11 Å². The molecule has 0 radical (unpaired) electrons. The summed E-state index contributed by atoms with van der Waals surface area (Å²) < 4.78 is 11.2. The molecule has 2 atom stereocenters. The molecule has 1 aromatic carbocycles. The molecule has 0 amide bonds. The van der Waals surface area contributed by atoms with Crippen LogP contribution in [-0.4, -0.2) is 24.8 Å². The number of thiocarbonyl (C=S) groups is 1. The van der Waals surface area contributed by atoms with Crippen LogP contribution in [-0.2, 0) is 9.53 Å². The fourth-order valence-electron chi connectivity index (χ4n) is 2.35. The molecule has 0 aromatic heterocycles. The molecule has 1 fully saturated rings. The van der Waals surface area contributed by atoms with Crippen molar-refractivity contribution in [3.05, 3.63) is 40.5 Å². The lowest BCUT2D eigenvalue weighted by atomic mass is 9.89. The van der Waals surface area contributed by atoms with Crippen molar-refractivity contribution < 1.29 is 14.3 Å². The van der Waals surface area contributed by atoms with Crippen LogP contribution in [0.3, 0.4) is 0 Å². The van der Waals surface area contributed by atoms with Crippen molar-refractivity contribution in [1.29, 1.82) is 0 Å². The number of ether oxygens (including phenoxy) is 2. The van der Waals surface area contributed by atoms with Crippen LogP contribution in [0.1, 0.15) is 18.5 Å². The number of nitrogens with one attached hydrogen (secondary N) is 2. The molecule has 1 aliphatic rings. The number of esters is 1. The summed E-state index contributed by atoms with van der Waals surface area (Å²) in [6, 6.07) is 5.26. The Kier molecular flexibility index (Phi) is 5.42. The van der Waals surface area contributed by atoms with E-state index in [1.54, 1.807) is 14.0 Å². The normalized spacial score (nSPS) is 20.9. The number of carbonyl (C=O) groups is 1. The van der Waals surface area contributed by atoms with Gasteiger partial charge in [-0.2, -0.15) is 0 Å². The third kappa shape index (κ3) is 3.41. The van der Waals surface area contributed by atoms with Gasteiger partial charge < -0.3 is 20.1 Å². The van der Waals surface area contributed by atoms with Gasteiger partial charge in [0.2, 0.25) is 0 Å². The van der Waals surface area contributed by atoms with E-state index in [0.717, 1.165) is 10.0 Å². The van der Waals surface area contributed by atoms with Crippen molar-refractivity contribution >= 4 is 39.2 Å². The molecule has 0 bridgehead atoms. The molecule has 2 N–H and O–H groups in total. The monoisotopic (exact) mass is 384 g/mol. The second kappa shape index (κ2) is 7.11. The quantitative estimate of drug-likeness (QED) is 0.614. The van der Waals surface area contributed by atoms with Crippen molar-refractivity contribution in [2.24, 2.45) is 5.92 Å². The van der Waals surface area contributed by atoms with E-state index in [4.69, 9.17) is 21.7 Å². The number of hydrogen-bond donors (Lipinski definition) is 2. The minimum atomic E-state index is -0.563. The Balaban J connectivity index is 2.38. The SMILES string of the molecule is C=C1NC(=S)N[C@@H](c2ccc(OC)c(Br)c2)[C@@H]1C(=O)OCC. The Bertz CT molecular complexity index is 621. The Hall–Kier alpha value is -1.60. The fraction of sp³-hybridized carbons (Fsp3) is 0.333. The van der Waals surface area contributed by atoms with E-state index in [0.29, 0.717) is 23.2 Å². The van der Waals surface area contributed by atoms with E-state index in [-0.39, 0.29) is 12.0 Å². The molecule has 22 heavy (non-hydrogen) atoms. The van der Waals surface area contributed by atoms with Crippen molar-refractivity contribution in [2.75, 3.05) is 13.7 Å². The van der Waals surface area contributed by atoms with E-state index < -0.39 is 5.92 Å². The van der Waals surface area contributed by atoms with Gasteiger partial charge in [-0.05, 0) is 52.8 Å². The third-order valence-corrected chi connectivity index (χ3v) is 4.18. The zero-order valence-corrected chi connectivity index (χ0v) is 14.7. The predicted molar refractivity (Wildman–Crippen MR) is 91.6 cm³/mol. The molecule has 1 saturated heterocycles. The number of hydrogen-bond acceptors (Lipinski definition) is 4. The Labute approximate surface area is 143 Å². The summed E-state index contributed by atoms with van der Waals surface area (Å²) in [6.45, 7) is 5.99. The summed E-state index contributed by atoms with van der Waals surface area (Å²) in [7, 11) is 1.60. The molecule has 2 rings (SSSR count). The molecule has 1 heterocycles. The van der Waals surface area contributed by atoms with Gasteiger partial charge in [0.25, 0.3) is 0 Å². The topological polar surface area (TPSA) is 59.6 Å². The standard InChI is InChI=1S/C15H17BrN2O3S/c1-4-21-14(19)12-8(2)17-15(22)18-13(12)9-5-6-11(20-3)10(16)7-9/h5-7,12-13H,2,4H2,1,3H3,(H2,17,18,22)/t12-,13+/m1/s1. The summed E-state index contributed by atoms with van der Waals surface area (Å²) in [5.41, 5.74) is 1.41. The molecule has 0 aliphatic carbocycles. The first-order valence-electron chi connectivity index (χ1n) is 6.74. The molecule has 118 valence electrons. The molecule has 1 aliphatic heterocycles. The lowest BCUT2D eigenvalue weighted by Gasteiger charge is -2.34. The van der Waals surface area contributed by atoms with Gasteiger partial charge in [-0.15, -0.1) is 0 Å². The zero-order chi connectivity index (χ0) is 16.3. The first-order chi connectivity index (χ1) is 10.5. The number of halogens is 1. The van der Waals surface area contributed by atoms with Crippen molar-refractivity contribution in [2.45, 2.75) is 13.0 Å². The number of rotatable bonds is 4. The maximum absolute atomic E-state index is 12.3. The first-order valence-corrected chi connectivity index (χ1v) is 7.94. The summed E-state index contributed by atoms with van der Waals surface area (Å²) in [5.74, 6) is -0.189. The highest BCUT2D eigenvalue weighted by Gasteiger charge is 2.37. The Morgan fingerprint density at radius 3 is 2.82 bits per heavy atom. The Morgan fingerprint density at radius 2 is 2.23 bits per heavy atom. The van der Waals surface area contributed by atoms with E-state index in [1.807, 2.05) is 18.2 Å². The summed E-state index contributed by atoms with van der Waals surface area (Å²) in [4.78, 5) is 12.3. The number of methoxy groups -OCH3 is 1. The summed E-state index contributed by atoms with van der Waals surface area (Å²) in [5, 5.41) is 6.44. The van der Waals surface area contributed by atoms with Crippen LogP contribution in [0.25, 0.3) is 0 Å². The van der Waals surface area contributed by atoms with Gasteiger partial charge in [0, 0.05) is 5.70 Å². The third-order valence-electron chi connectivity index (χ3n) is 3.34. The average molecular weight is 385 g/mol. The van der Waals surface area contributed by atoms with Crippen LogP contribution in [0.2, 0.25) is 0 Å². The highest BCUT2D eigenvalue weighted by atomic mass is 79.9. The van der Waals surface area contributed by atoms with Gasteiger partial charge >= 0.3 is 5.97 Å². The second-order valence-electron chi connectivity index (χ2n) is 4.73. The fourth-order valence-corrected chi connectivity index (χ4v) is 3.16. The molecule has 0 spiro atoms. The van der Waals surface area contributed by atoms with Gasteiger partial charge in [-0.25, -0.2) is 0 Å². The maximum Gasteiger partial charge on any atom is 0.317 e. The zero-order valence-electron chi connectivity index (χ0n) is 12.3. The highest BCUT2D eigenvalue weighted by Crippen LogP contribution is 2.34. The molecular weight excluding hydrogens is 368 g/mol. The minimum Gasteiger partial charge on any atom is -0.496 e. The van der Waals surface area contributed by atoms with Gasteiger partial charge in [0.1, 0.15) is 11.7 Å². The minimum absolute atomic E-state index is 0.312. The van der Waals surface area contributed by atoms with Gasteiger partial charge in [-0.3, -0.25) is 4.79 Å².